The number of aliphatic carboxylic acids is 1. The summed E-state index contributed by atoms with van der Waals surface area (Å²) < 4.78 is 21.4. The van der Waals surface area contributed by atoms with Gasteiger partial charge < -0.3 is 14.9 Å². The van der Waals surface area contributed by atoms with Gasteiger partial charge in [0.15, 0.2) is 0 Å². The highest BCUT2D eigenvalue weighted by Gasteiger charge is 2.23. The number of hydrogen-bond acceptors (Lipinski definition) is 5. The summed E-state index contributed by atoms with van der Waals surface area (Å²) in [4.78, 5) is 33.4. The zero-order valence-corrected chi connectivity index (χ0v) is 16.2. The highest BCUT2D eigenvalue weighted by atomic mass is 31.2. The number of carbonyl (C=O) groups excluding carboxylic acids is 1. The van der Waals surface area contributed by atoms with Crippen molar-refractivity contribution in [1.82, 2.24) is 5.32 Å². The Morgan fingerprint density at radius 1 is 1.11 bits per heavy atom. The minimum atomic E-state index is -4.22. The molecule has 0 aliphatic carbocycles. The van der Waals surface area contributed by atoms with Crippen LogP contribution in [0.25, 0.3) is 0 Å². The molecule has 2 atom stereocenters. The first-order valence-electron chi connectivity index (χ1n) is 8.65. The number of carboxylic acid groups (broad SMARTS) is 1. The van der Waals surface area contributed by atoms with Gasteiger partial charge in [0.1, 0.15) is 11.8 Å². The molecule has 28 heavy (non-hydrogen) atoms. The summed E-state index contributed by atoms with van der Waals surface area (Å²) in [5.41, 5.74) is 0.971. The van der Waals surface area contributed by atoms with E-state index in [9.17, 15) is 24.2 Å². The number of phosphoric acid groups is 1. The number of rotatable bonds is 10. The maximum Gasteiger partial charge on any atom is 0.527 e. The molecule has 3 N–H and O–H groups in total. The quantitative estimate of drug-likeness (QED) is 0.518. The van der Waals surface area contributed by atoms with Crippen molar-refractivity contribution < 1.29 is 33.2 Å². The number of benzene rings is 2. The van der Waals surface area contributed by atoms with E-state index >= 15 is 0 Å². The molecule has 2 rings (SSSR count). The lowest BCUT2D eigenvalue weighted by Gasteiger charge is -2.15. The Morgan fingerprint density at radius 3 is 2.32 bits per heavy atom. The van der Waals surface area contributed by atoms with E-state index in [1.807, 2.05) is 6.07 Å². The molecule has 2 aromatic rings. The van der Waals surface area contributed by atoms with Gasteiger partial charge in [-0.15, -0.1) is 0 Å². The summed E-state index contributed by atoms with van der Waals surface area (Å²) in [5, 5.41) is 11.8. The van der Waals surface area contributed by atoms with Crippen LogP contribution >= 0.6 is 7.82 Å². The van der Waals surface area contributed by atoms with Gasteiger partial charge in [0.2, 0.25) is 0 Å². The Bertz CT molecular complexity index is 839. The second kappa shape index (κ2) is 10.0. The van der Waals surface area contributed by atoms with Gasteiger partial charge in [-0.25, -0.2) is 9.36 Å². The van der Waals surface area contributed by atoms with Crippen molar-refractivity contribution >= 4 is 19.7 Å². The van der Waals surface area contributed by atoms with Crippen LogP contribution in [0, 0.1) is 0 Å². The van der Waals surface area contributed by atoms with Gasteiger partial charge in [-0.3, -0.25) is 14.2 Å². The van der Waals surface area contributed by atoms with E-state index in [0.29, 0.717) is 6.42 Å². The van der Waals surface area contributed by atoms with E-state index in [4.69, 9.17) is 9.05 Å². The summed E-state index contributed by atoms with van der Waals surface area (Å²) in [7, 11) is -4.22. The lowest BCUT2D eigenvalue weighted by molar-refractivity contribution is -0.139. The molecule has 0 saturated heterocycles. The Morgan fingerprint density at radius 2 is 1.75 bits per heavy atom. The molecule has 2 unspecified atom stereocenters. The molecule has 0 fully saturated rings. The Labute approximate surface area is 162 Å². The third kappa shape index (κ3) is 6.81. The van der Waals surface area contributed by atoms with E-state index in [1.54, 1.807) is 31.2 Å². The fourth-order valence-electron chi connectivity index (χ4n) is 2.32. The third-order valence-corrected chi connectivity index (χ3v) is 4.63. The van der Waals surface area contributed by atoms with Crippen LogP contribution in [0.3, 0.4) is 0 Å². The fourth-order valence-corrected chi connectivity index (χ4v) is 3.18. The van der Waals surface area contributed by atoms with Crippen LogP contribution in [-0.2, 0) is 20.3 Å². The predicted octanol–water partition coefficient (Wildman–Crippen LogP) is 3.02. The minimum absolute atomic E-state index is 0.0533. The lowest BCUT2D eigenvalue weighted by Crippen LogP contribution is -2.42. The SMILES string of the molecule is CCCOP(=O)(O)Oc1ccc(C(=O)NC(Cc2ccccc2)C(=O)O)cc1. The summed E-state index contributed by atoms with van der Waals surface area (Å²) in [6.07, 6.45) is 0.701. The molecule has 0 radical (unpaired) electrons. The second-order valence-corrected chi connectivity index (χ2v) is 7.35. The molecular weight excluding hydrogens is 385 g/mol. The predicted molar refractivity (Wildman–Crippen MR) is 102 cm³/mol. The first-order chi connectivity index (χ1) is 13.3. The number of amides is 1. The molecule has 0 aliphatic heterocycles. The highest BCUT2D eigenvalue weighted by molar-refractivity contribution is 7.47. The first-order valence-corrected chi connectivity index (χ1v) is 10.1. The van der Waals surface area contributed by atoms with Crippen molar-refractivity contribution in [3.05, 3.63) is 65.7 Å². The van der Waals surface area contributed by atoms with Crippen LogP contribution in [0.4, 0.5) is 0 Å². The Kier molecular flexibility index (Phi) is 7.75. The molecule has 150 valence electrons. The Balaban J connectivity index is 2.01. The van der Waals surface area contributed by atoms with E-state index in [1.165, 1.54) is 24.3 Å². The van der Waals surface area contributed by atoms with Gasteiger partial charge in [-0.1, -0.05) is 37.3 Å². The van der Waals surface area contributed by atoms with Crippen LogP contribution in [-0.4, -0.2) is 34.5 Å². The monoisotopic (exact) mass is 407 g/mol. The van der Waals surface area contributed by atoms with E-state index in [2.05, 4.69) is 5.32 Å². The van der Waals surface area contributed by atoms with Gasteiger partial charge in [0.25, 0.3) is 5.91 Å². The van der Waals surface area contributed by atoms with Crippen LogP contribution in [0.15, 0.2) is 54.6 Å². The van der Waals surface area contributed by atoms with Gasteiger partial charge in [0, 0.05) is 12.0 Å². The van der Waals surface area contributed by atoms with E-state index < -0.39 is 25.7 Å². The second-order valence-electron chi connectivity index (χ2n) is 5.97. The number of carboxylic acids is 1. The molecule has 0 saturated carbocycles. The van der Waals surface area contributed by atoms with Crippen molar-refractivity contribution in [2.45, 2.75) is 25.8 Å². The van der Waals surface area contributed by atoms with Crippen LogP contribution in [0.1, 0.15) is 29.3 Å². The standard InChI is InChI=1S/C19H22NO7P/c1-2-12-26-28(24,25)27-16-10-8-15(9-11-16)18(21)20-17(19(22)23)13-14-6-4-3-5-7-14/h3-11,17H,2,12-13H2,1H3,(H,20,21)(H,22,23)(H,24,25). The van der Waals surface area contributed by atoms with Crippen molar-refractivity contribution in [2.75, 3.05) is 6.61 Å². The fraction of sp³-hybridized carbons (Fsp3) is 0.263. The molecular formula is C19H22NO7P. The van der Waals surface area contributed by atoms with Gasteiger partial charge in [-0.2, -0.15) is 0 Å². The zero-order chi connectivity index (χ0) is 20.6. The van der Waals surface area contributed by atoms with Gasteiger partial charge in [0.05, 0.1) is 6.61 Å². The molecule has 9 heteroatoms. The zero-order valence-electron chi connectivity index (χ0n) is 15.3. The average molecular weight is 407 g/mol. The van der Waals surface area contributed by atoms with Crippen molar-refractivity contribution in [2.24, 2.45) is 0 Å². The number of nitrogens with one attached hydrogen (secondary N) is 1. The largest absolute Gasteiger partial charge is 0.527 e. The molecule has 2 aromatic carbocycles. The van der Waals surface area contributed by atoms with Crippen LogP contribution in [0.5, 0.6) is 5.75 Å². The van der Waals surface area contributed by atoms with E-state index in [0.717, 1.165) is 5.56 Å². The van der Waals surface area contributed by atoms with Crippen molar-refractivity contribution in [3.8, 4) is 5.75 Å². The first kappa shape index (κ1) is 21.6. The van der Waals surface area contributed by atoms with Crippen LogP contribution < -0.4 is 9.84 Å². The summed E-state index contributed by atoms with van der Waals surface area (Å²) in [6.45, 7) is 1.86. The van der Waals surface area contributed by atoms with E-state index in [-0.39, 0.29) is 24.3 Å². The normalized spacial score (nSPS) is 13.9. The smallest absolute Gasteiger partial charge is 0.480 e. The number of phosphoric ester groups is 1. The van der Waals surface area contributed by atoms with Crippen LogP contribution in [0.2, 0.25) is 0 Å². The average Bonchev–Trinajstić information content (AvgIpc) is 2.67. The number of hydrogen-bond donors (Lipinski definition) is 3. The molecule has 0 spiro atoms. The number of carbonyl (C=O) groups is 2. The molecule has 0 aliphatic rings. The van der Waals surface area contributed by atoms with Gasteiger partial charge in [-0.05, 0) is 36.2 Å². The summed E-state index contributed by atoms with van der Waals surface area (Å²) >= 11 is 0. The highest BCUT2D eigenvalue weighted by Crippen LogP contribution is 2.43. The summed E-state index contributed by atoms with van der Waals surface area (Å²) in [5.74, 6) is -1.67. The molecule has 8 nitrogen and oxygen atoms in total. The molecule has 0 aromatic heterocycles. The lowest BCUT2D eigenvalue weighted by atomic mass is 10.1. The minimum Gasteiger partial charge on any atom is -0.480 e. The Hall–Kier alpha value is -2.67. The maximum absolute atomic E-state index is 12.3. The molecule has 1 amide bonds. The molecule has 0 heterocycles. The van der Waals surface area contributed by atoms with Crippen molar-refractivity contribution in [1.29, 1.82) is 0 Å². The maximum atomic E-state index is 12.3. The molecule has 0 bridgehead atoms. The van der Waals surface area contributed by atoms with Crippen molar-refractivity contribution in [3.63, 3.8) is 0 Å². The van der Waals surface area contributed by atoms with Gasteiger partial charge >= 0.3 is 13.8 Å². The topological polar surface area (TPSA) is 122 Å². The summed E-state index contributed by atoms with van der Waals surface area (Å²) in [6, 6.07) is 13.3. The third-order valence-electron chi connectivity index (χ3n) is 3.68.